The second-order valence-electron chi connectivity index (χ2n) is 4.11. The third-order valence-corrected chi connectivity index (χ3v) is 3.11. The normalized spacial score (nSPS) is 25.1. The van der Waals surface area contributed by atoms with Crippen LogP contribution in [0.1, 0.15) is 12.6 Å². The first kappa shape index (κ1) is 12.0. The van der Waals surface area contributed by atoms with Crippen LogP contribution in [0.4, 0.5) is 5.95 Å². The summed E-state index contributed by atoms with van der Waals surface area (Å²) < 4.78 is 7.00. The van der Waals surface area contributed by atoms with Gasteiger partial charge in [0.2, 0.25) is 5.95 Å². The van der Waals surface area contributed by atoms with E-state index in [2.05, 4.69) is 15.0 Å². The van der Waals surface area contributed by atoms with E-state index in [-0.39, 0.29) is 17.2 Å². The fourth-order valence-corrected chi connectivity index (χ4v) is 2.21. The van der Waals surface area contributed by atoms with Crippen LogP contribution >= 0.6 is 11.6 Å². The molecule has 0 spiro atoms. The predicted molar refractivity (Wildman–Crippen MR) is 67.2 cm³/mol. The van der Waals surface area contributed by atoms with Gasteiger partial charge in [-0.15, -0.1) is 0 Å². The molecule has 8 nitrogen and oxygen atoms in total. The van der Waals surface area contributed by atoms with Crippen LogP contribution in [0.2, 0.25) is 0 Å². The zero-order valence-corrected chi connectivity index (χ0v) is 10.3. The highest BCUT2D eigenvalue weighted by atomic mass is 35.5. The van der Waals surface area contributed by atoms with E-state index in [1.807, 2.05) is 0 Å². The predicted octanol–water partition coefficient (Wildman–Crippen LogP) is 0.0618. The molecule has 1 fully saturated rings. The topological polar surface area (TPSA) is 119 Å². The van der Waals surface area contributed by atoms with Gasteiger partial charge >= 0.3 is 0 Å². The zero-order valence-electron chi connectivity index (χ0n) is 9.58. The molecular weight excluding hydrogens is 274 g/mol. The van der Waals surface area contributed by atoms with E-state index in [1.165, 1.54) is 16.4 Å². The van der Waals surface area contributed by atoms with Crippen molar-refractivity contribution >= 4 is 28.7 Å². The van der Waals surface area contributed by atoms with Gasteiger partial charge in [0.25, 0.3) is 5.56 Å². The summed E-state index contributed by atoms with van der Waals surface area (Å²) in [4.78, 5) is 22.0. The highest BCUT2D eigenvalue weighted by Gasteiger charge is 2.32. The van der Waals surface area contributed by atoms with E-state index >= 15 is 0 Å². The molecular formula is C10H10ClN5O3. The van der Waals surface area contributed by atoms with Gasteiger partial charge in [-0.05, 0) is 0 Å². The first-order valence-corrected chi connectivity index (χ1v) is 5.91. The summed E-state index contributed by atoms with van der Waals surface area (Å²) in [6.45, 7) is 0. The number of rotatable bonds is 1. The lowest BCUT2D eigenvalue weighted by Gasteiger charge is -2.11. The Balaban J connectivity index is 2.10. The van der Waals surface area contributed by atoms with Gasteiger partial charge in [0.05, 0.1) is 0 Å². The molecule has 9 heteroatoms. The lowest BCUT2D eigenvalue weighted by atomic mass is 10.2. The summed E-state index contributed by atoms with van der Waals surface area (Å²) in [5, 5.41) is 9.71. The first-order chi connectivity index (χ1) is 9.10. The molecule has 3 rings (SSSR count). The highest BCUT2D eigenvalue weighted by Crippen LogP contribution is 2.32. The molecule has 0 aromatic carbocycles. The summed E-state index contributed by atoms with van der Waals surface area (Å²) >= 11 is 5.54. The van der Waals surface area contributed by atoms with Gasteiger partial charge in [0, 0.05) is 12.0 Å². The number of nitrogens with zero attached hydrogens (tertiary/aromatic N) is 3. The maximum absolute atomic E-state index is 11.6. The summed E-state index contributed by atoms with van der Waals surface area (Å²) in [7, 11) is 0. The van der Waals surface area contributed by atoms with E-state index in [9.17, 15) is 9.90 Å². The molecule has 0 radical (unpaired) electrons. The Morgan fingerprint density at radius 2 is 2.47 bits per heavy atom. The third-order valence-electron chi connectivity index (χ3n) is 2.89. The average Bonchev–Trinajstić information content (AvgIpc) is 2.92. The molecule has 0 amide bonds. The lowest BCUT2D eigenvalue weighted by molar-refractivity contribution is 0.101. The third kappa shape index (κ3) is 1.85. The van der Waals surface area contributed by atoms with Crippen molar-refractivity contribution in [1.82, 2.24) is 19.5 Å². The van der Waals surface area contributed by atoms with Crippen molar-refractivity contribution in [2.75, 3.05) is 5.73 Å². The summed E-state index contributed by atoms with van der Waals surface area (Å²) in [5.74, 6) is 0.261. The molecule has 2 atom stereocenters. The van der Waals surface area contributed by atoms with E-state index in [0.717, 1.165) is 0 Å². The Morgan fingerprint density at radius 1 is 1.68 bits per heavy atom. The van der Waals surface area contributed by atoms with Crippen molar-refractivity contribution in [1.29, 1.82) is 0 Å². The molecule has 0 saturated carbocycles. The van der Waals surface area contributed by atoms with Gasteiger partial charge in [-0.1, -0.05) is 11.6 Å². The van der Waals surface area contributed by atoms with Crippen molar-refractivity contribution < 1.29 is 9.84 Å². The molecule has 3 heterocycles. The molecule has 0 unspecified atom stereocenters. The molecule has 1 aliphatic heterocycles. The summed E-state index contributed by atoms with van der Waals surface area (Å²) in [6, 6.07) is 0. The van der Waals surface area contributed by atoms with Crippen LogP contribution in [0.3, 0.4) is 0 Å². The minimum absolute atomic E-state index is 0.00842. The monoisotopic (exact) mass is 283 g/mol. The number of aromatic amines is 1. The standard InChI is InChI=1S/C10H10ClN5O3/c11-2-5-4(17)1-6(19-5)16-3-13-7-8(16)14-10(12)15-9(7)18/h2-4,6,17H,1H2,(H3,12,14,15,18)/t4-,6+/m0/s1. The van der Waals surface area contributed by atoms with Crippen molar-refractivity contribution in [3.63, 3.8) is 0 Å². The zero-order chi connectivity index (χ0) is 13.6. The number of aromatic nitrogens is 4. The number of imidazole rings is 1. The van der Waals surface area contributed by atoms with E-state index in [1.54, 1.807) is 0 Å². The first-order valence-electron chi connectivity index (χ1n) is 5.47. The van der Waals surface area contributed by atoms with Gasteiger partial charge in [0.15, 0.2) is 17.4 Å². The fraction of sp³-hybridized carbons (Fsp3) is 0.300. The molecule has 4 N–H and O–H groups in total. The minimum atomic E-state index is -0.792. The largest absolute Gasteiger partial charge is 0.471 e. The number of hydrogen-bond donors (Lipinski definition) is 3. The van der Waals surface area contributed by atoms with Gasteiger partial charge in [-0.3, -0.25) is 14.3 Å². The van der Waals surface area contributed by atoms with Gasteiger partial charge < -0.3 is 15.6 Å². The Hall–Kier alpha value is -2.06. The number of nitrogen functional groups attached to an aromatic ring is 1. The number of aliphatic hydroxyl groups is 1. The minimum Gasteiger partial charge on any atom is -0.471 e. The lowest BCUT2D eigenvalue weighted by Crippen LogP contribution is -2.14. The number of anilines is 1. The fourth-order valence-electron chi connectivity index (χ4n) is 2.01. The highest BCUT2D eigenvalue weighted by molar-refractivity contribution is 6.25. The molecule has 0 bridgehead atoms. The number of nitrogens with two attached hydrogens (primary N) is 1. The number of nitrogens with one attached hydrogen (secondary N) is 1. The van der Waals surface area contributed by atoms with E-state index < -0.39 is 17.9 Å². The second kappa shape index (κ2) is 4.25. The van der Waals surface area contributed by atoms with Crippen molar-refractivity contribution in [3.05, 3.63) is 28.0 Å². The van der Waals surface area contributed by atoms with Crippen LogP contribution in [0.15, 0.2) is 22.4 Å². The van der Waals surface area contributed by atoms with Crippen LogP contribution in [0.5, 0.6) is 0 Å². The average molecular weight is 284 g/mol. The Kier molecular flexibility index (Phi) is 2.68. The molecule has 1 aliphatic rings. The van der Waals surface area contributed by atoms with Crippen LogP contribution in [-0.4, -0.2) is 30.7 Å². The maximum atomic E-state index is 11.6. The molecule has 19 heavy (non-hydrogen) atoms. The van der Waals surface area contributed by atoms with Crippen molar-refractivity contribution in [2.45, 2.75) is 18.8 Å². The molecule has 100 valence electrons. The van der Waals surface area contributed by atoms with Gasteiger partial charge in [-0.2, -0.15) is 4.98 Å². The van der Waals surface area contributed by atoms with Crippen LogP contribution in [-0.2, 0) is 4.74 Å². The van der Waals surface area contributed by atoms with E-state index in [4.69, 9.17) is 22.1 Å². The molecule has 1 saturated heterocycles. The Bertz CT molecular complexity index is 722. The van der Waals surface area contributed by atoms with Gasteiger partial charge in [-0.25, -0.2) is 4.98 Å². The molecule has 0 aliphatic carbocycles. The quantitative estimate of drug-likeness (QED) is 0.681. The number of halogens is 1. The van der Waals surface area contributed by atoms with E-state index in [0.29, 0.717) is 12.1 Å². The maximum Gasteiger partial charge on any atom is 0.280 e. The molecule has 2 aromatic rings. The van der Waals surface area contributed by atoms with Crippen LogP contribution < -0.4 is 11.3 Å². The number of hydrogen-bond acceptors (Lipinski definition) is 6. The number of H-pyrrole nitrogens is 1. The number of fused-ring (bicyclic) bond motifs is 1. The van der Waals surface area contributed by atoms with Gasteiger partial charge in [0.1, 0.15) is 18.2 Å². The van der Waals surface area contributed by atoms with Crippen molar-refractivity contribution in [2.24, 2.45) is 0 Å². The summed E-state index contributed by atoms with van der Waals surface area (Å²) in [5.41, 5.74) is 6.72. The number of ether oxygens (including phenoxy) is 1. The van der Waals surface area contributed by atoms with Crippen molar-refractivity contribution in [3.8, 4) is 0 Å². The summed E-state index contributed by atoms with van der Waals surface area (Å²) in [6.07, 6.45) is 0.386. The Labute approximate surface area is 111 Å². The van der Waals surface area contributed by atoms with Crippen LogP contribution in [0, 0.1) is 0 Å². The Morgan fingerprint density at radius 3 is 3.16 bits per heavy atom. The SMILES string of the molecule is Nc1nc2c(ncn2[C@H]2C[C@H](O)C(=CCl)O2)c(=O)[nH]1. The number of aliphatic hydroxyl groups excluding tert-OH is 1. The second-order valence-corrected chi connectivity index (χ2v) is 4.33. The van der Waals surface area contributed by atoms with Crippen LogP contribution in [0.25, 0.3) is 11.2 Å². The molecule has 2 aromatic heterocycles. The smallest absolute Gasteiger partial charge is 0.280 e.